The zero-order chi connectivity index (χ0) is 16.2. The summed E-state index contributed by atoms with van der Waals surface area (Å²) in [6, 6.07) is 15.5. The molecule has 0 atom stereocenters. The maximum atomic E-state index is 11.0. The van der Waals surface area contributed by atoms with Crippen molar-refractivity contribution >= 4 is 29.7 Å². The standard InChI is InChI=1S/C17H12ClN3O2/c18-14-8-6-13(7-9-14)12-4-1-11(2-5-12)3-10-15-16(17(22)23)20-21-19-15/h1-10H,(H,22,23)(H,19,20,21). The van der Waals surface area contributed by atoms with Gasteiger partial charge in [-0.25, -0.2) is 4.79 Å². The maximum Gasteiger partial charge on any atom is 0.358 e. The van der Waals surface area contributed by atoms with E-state index in [1.54, 1.807) is 12.2 Å². The van der Waals surface area contributed by atoms with Crippen molar-refractivity contribution in [3.05, 3.63) is 70.5 Å². The molecule has 6 heteroatoms. The van der Waals surface area contributed by atoms with Crippen LogP contribution in [0.25, 0.3) is 23.3 Å². The highest BCUT2D eigenvalue weighted by atomic mass is 35.5. The van der Waals surface area contributed by atoms with Gasteiger partial charge in [-0.05, 0) is 34.9 Å². The molecule has 2 N–H and O–H groups in total. The monoisotopic (exact) mass is 325 g/mol. The van der Waals surface area contributed by atoms with Crippen molar-refractivity contribution in [1.82, 2.24) is 15.4 Å². The number of aromatic nitrogens is 3. The van der Waals surface area contributed by atoms with Crippen LogP contribution in [0.2, 0.25) is 5.02 Å². The number of halogens is 1. The summed E-state index contributed by atoms with van der Waals surface area (Å²) in [4.78, 5) is 11.0. The van der Waals surface area contributed by atoms with Crippen LogP contribution in [0.1, 0.15) is 21.7 Å². The predicted octanol–water partition coefficient (Wildman–Crippen LogP) is 3.99. The quantitative estimate of drug-likeness (QED) is 0.760. The van der Waals surface area contributed by atoms with Crippen LogP contribution in [0, 0.1) is 0 Å². The molecule has 3 aromatic rings. The van der Waals surface area contributed by atoms with Gasteiger partial charge in [0.1, 0.15) is 0 Å². The zero-order valence-corrected chi connectivity index (χ0v) is 12.7. The fourth-order valence-corrected chi connectivity index (χ4v) is 2.24. The number of carbonyl (C=O) groups is 1. The van der Waals surface area contributed by atoms with Gasteiger partial charge in [0, 0.05) is 5.02 Å². The lowest BCUT2D eigenvalue weighted by atomic mass is 10.0. The van der Waals surface area contributed by atoms with Crippen molar-refractivity contribution in [3.8, 4) is 11.1 Å². The second kappa shape index (κ2) is 6.46. The Hall–Kier alpha value is -2.92. The van der Waals surface area contributed by atoms with Gasteiger partial charge in [-0.2, -0.15) is 0 Å². The van der Waals surface area contributed by atoms with Crippen molar-refractivity contribution in [2.75, 3.05) is 0 Å². The van der Waals surface area contributed by atoms with E-state index in [-0.39, 0.29) is 5.69 Å². The van der Waals surface area contributed by atoms with Gasteiger partial charge >= 0.3 is 5.97 Å². The number of hydrogen-bond acceptors (Lipinski definition) is 3. The van der Waals surface area contributed by atoms with Crippen LogP contribution in [0.15, 0.2) is 48.5 Å². The average molecular weight is 326 g/mol. The zero-order valence-electron chi connectivity index (χ0n) is 11.9. The molecule has 2 aromatic carbocycles. The second-order valence-electron chi connectivity index (χ2n) is 4.84. The average Bonchev–Trinajstić information content (AvgIpc) is 3.03. The van der Waals surface area contributed by atoms with Crippen LogP contribution in [0.3, 0.4) is 0 Å². The molecule has 0 fully saturated rings. The summed E-state index contributed by atoms with van der Waals surface area (Å²) in [6.07, 6.45) is 3.44. The van der Waals surface area contributed by atoms with E-state index in [2.05, 4.69) is 15.4 Å². The number of carboxylic acids is 1. The Balaban J connectivity index is 1.79. The molecule has 114 valence electrons. The third kappa shape index (κ3) is 3.46. The van der Waals surface area contributed by atoms with Crippen molar-refractivity contribution in [2.24, 2.45) is 0 Å². The molecule has 0 aliphatic heterocycles. The molecule has 0 bridgehead atoms. The molecule has 1 heterocycles. The van der Waals surface area contributed by atoms with Gasteiger partial charge in [0.05, 0.1) is 5.69 Å². The van der Waals surface area contributed by atoms with Crippen molar-refractivity contribution in [3.63, 3.8) is 0 Å². The fourth-order valence-electron chi connectivity index (χ4n) is 2.12. The number of aromatic carboxylic acids is 1. The number of nitrogens with zero attached hydrogens (tertiary/aromatic N) is 2. The number of hydrogen-bond donors (Lipinski definition) is 2. The van der Waals surface area contributed by atoms with Gasteiger partial charge in [0.2, 0.25) is 0 Å². The summed E-state index contributed by atoms with van der Waals surface area (Å²) in [5.74, 6) is -1.11. The first kappa shape index (κ1) is 15.0. The van der Waals surface area contributed by atoms with Crippen LogP contribution in [0.5, 0.6) is 0 Å². The molecule has 0 unspecified atom stereocenters. The third-order valence-corrected chi connectivity index (χ3v) is 3.56. The second-order valence-corrected chi connectivity index (χ2v) is 5.28. The Morgan fingerprint density at radius 1 is 1.00 bits per heavy atom. The van der Waals surface area contributed by atoms with Crippen LogP contribution in [-0.4, -0.2) is 26.5 Å². The summed E-state index contributed by atoms with van der Waals surface area (Å²) in [6.45, 7) is 0. The van der Waals surface area contributed by atoms with Crippen molar-refractivity contribution in [2.45, 2.75) is 0 Å². The van der Waals surface area contributed by atoms with E-state index in [4.69, 9.17) is 16.7 Å². The molecule has 0 spiro atoms. The summed E-state index contributed by atoms with van der Waals surface area (Å²) < 4.78 is 0. The molecular weight excluding hydrogens is 314 g/mol. The molecule has 0 saturated heterocycles. The van der Waals surface area contributed by atoms with E-state index < -0.39 is 5.97 Å². The molecule has 0 amide bonds. The fraction of sp³-hybridized carbons (Fsp3) is 0. The molecule has 0 saturated carbocycles. The van der Waals surface area contributed by atoms with E-state index in [1.165, 1.54) is 0 Å². The molecule has 0 aliphatic carbocycles. The number of rotatable bonds is 4. The Kier molecular flexibility index (Phi) is 4.21. The normalized spacial score (nSPS) is 11.0. The van der Waals surface area contributed by atoms with E-state index >= 15 is 0 Å². The maximum absolute atomic E-state index is 11.0. The number of carboxylic acid groups (broad SMARTS) is 1. The van der Waals surface area contributed by atoms with Gasteiger partial charge in [0.25, 0.3) is 0 Å². The van der Waals surface area contributed by atoms with Gasteiger partial charge in [-0.1, -0.05) is 59.3 Å². The highest BCUT2D eigenvalue weighted by Gasteiger charge is 2.11. The van der Waals surface area contributed by atoms with Crippen LogP contribution >= 0.6 is 11.6 Å². The highest BCUT2D eigenvalue weighted by Crippen LogP contribution is 2.22. The van der Waals surface area contributed by atoms with Crippen LogP contribution < -0.4 is 0 Å². The van der Waals surface area contributed by atoms with E-state index in [1.807, 2.05) is 48.5 Å². The summed E-state index contributed by atoms with van der Waals surface area (Å²) in [5, 5.41) is 19.3. The van der Waals surface area contributed by atoms with E-state index in [9.17, 15) is 4.79 Å². The van der Waals surface area contributed by atoms with Gasteiger partial charge in [0.15, 0.2) is 5.69 Å². The molecule has 1 aromatic heterocycles. The first-order chi connectivity index (χ1) is 11.1. The minimum absolute atomic E-state index is 0.0981. The number of H-pyrrole nitrogens is 1. The molecule has 5 nitrogen and oxygen atoms in total. The smallest absolute Gasteiger partial charge is 0.358 e. The van der Waals surface area contributed by atoms with E-state index in [0.717, 1.165) is 16.7 Å². The topological polar surface area (TPSA) is 78.9 Å². The number of aromatic amines is 1. The Bertz CT molecular complexity index is 852. The van der Waals surface area contributed by atoms with Gasteiger partial charge < -0.3 is 5.11 Å². The van der Waals surface area contributed by atoms with Crippen molar-refractivity contribution < 1.29 is 9.90 Å². The third-order valence-electron chi connectivity index (χ3n) is 3.31. The molecular formula is C17H12ClN3O2. The van der Waals surface area contributed by atoms with E-state index in [0.29, 0.717) is 10.7 Å². The molecule has 0 aliphatic rings. The minimum Gasteiger partial charge on any atom is -0.476 e. The number of nitrogens with one attached hydrogen (secondary N) is 1. The molecule has 3 rings (SSSR count). The van der Waals surface area contributed by atoms with Crippen molar-refractivity contribution in [1.29, 1.82) is 0 Å². The molecule has 0 radical (unpaired) electrons. The lowest BCUT2D eigenvalue weighted by molar-refractivity contribution is 0.0690. The lowest BCUT2D eigenvalue weighted by Gasteiger charge is -2.02. The molecule has 23 heavy (non-hydrogen) atoms. The largest absolute Gasteiger partial charge is 0.476 e. The predicted molar refractivity (Wildman–Crippen MR) is 89.2 cm³/mol. The summed E-state index contributed by atoms with van der Waals surface area (Å²) >= 11 is 5.89. The Labute approximate surface area is 137 Å². The Morgan fingerprint density at radius 2 is 1.61 bits per heavy atom. The lowest BCUT2D eigenvalue weighted by Crippen LogP contribution is -1.98. The van der Waals surface area contributed by atoms with Gasteiger partial charge in [-0.15, -0.1) is 5.10 Å². The Morgan fingerprint density at radius 3 is 2.22 bits per heavy atom. The summed E-state index contributed by atoms with van der Waals surface area (Å²) in [5.41, 5.74) is 3.36. The SMILES string of the molecule is O=C(O)c1nn[nH]c1C=Cc1ccc(-c2ccc(Cl)cc2)cc1. The van der Waals surface area contributed by atoms with Crippen LogP contribution in [-0.2, 0) is 0 Å². The highest BCUT2D eigenvalue weighted by molar-refractivity contribution is 6.30. The first-order valence-electron chi connectivity index (χ1n) is 6.82. The number of benzene rings is 2. The van der Waals surface area contributed by atoms with Gasteiger partial charge in [-0.3, -0.25) is 5.10 Å². The summed E-state index contributed by atoms with van der Waals surface area (Å²) in [7, 11) is 0. The minimum atomic E-state index is -1.11. The van der Waals surface area contributed by atoms with Crippen LogP contribution in [0.4, 0.5) is 0 Å². The first-order valence-corrected chi connectivity index (χ1v) is 7.20.